The molecule has 4 rings (SSSR count). The van der Waals surface area contributed by atoms with Gasteiger partial charge in [-0.3, -0.25) is 14.9 Å². The molecule has 1 aromatic carbocycles. The molecule has 0 bridgehead atoms. The molecular weight excluding hydrogens is 414 g/mol. The first-order chi connectivity index (χ1) is 15.5. The van der Waals surface area contributed by atoms with E-state index in [-0.39, 0.29) is 24.0 Å². The molecule has 0 N–H and O–H groups in total. The number of aromatic nitrogens is 1. The zero-order valence-corrected chi connectivity index (χ0v) is 17.0. The molecule has 0 atom stereocenters. The molecule has 0 aliphatic carbocycles. The quantitative estimate of drug-likeness (QED) is 0.429. The van der Waals surface area contributed by atoms with Crippen molar-refractivity contribution in [3.8, 4) is 11.8 Å². The Morgan fingerprint density at radius 3 is 2.50 bits per heavy atom. The maximum Gasteiger partial charge on any atom is 0.289 e. The fourth-order valence-electron chi connectivity index (χ4n) is 3.32. The average molecular weight is 433 g/mol. The molecule has 0 spiro atoms. The standard InChI is InChI=1S/C22H19N5O5/c23-13-16-1-4-18(5-2-16)31-15-19-6-7-20(32-19)22(28)26-11-9-25(10-12-26)21-8-3-17(14-24-21)27(29)30/h1-8,14H,9-12,15H2. The predicted octanol–water partition coefficient (Wildman–Crippen LogP) is 3.00. The van der Waals surface area contributed by atoms with Crippen molar-refractivity contribution >= 4 is 17.4 Å². The highest BCUT2D eigenvalue weighted by Gasteiger charge is 2.25. The molecule has 1 aliphatic rings. The van der Waals surface area contributed by atoms with Crippen LogP contribution < -0.4 is 9.64 Å². The number of nitro groups is 1. The number of benzene rings is 1. The number of ether oxygens (including phenoxy) is 1. The van der Waals surface area contributed by atoms with Crippen molar-refractivity contribution in [1.29, 1.82) is 5.26 Å². The minimum atomic E-state index is -0.486. The van der Waals surface area contributed by atoms with E-state index in [1.54, 1.807) is 47.4 Å². The van der Waals surface area contributed by atoms with Crippen LogP contribution in [0.4, 0.5) is 11.5 Å². The van der Waals surface area contributed by atoms with Gasteiger partial charge in [-0.25, -0.2) is 4.98 Å². The highest BCUT2D eigenvalue weighted by Crippen LogP contribution is 2.20. The lowest BCUT2D eigenvalue weighted by molar-refractivity contribution is -0.385. The van der Waals surface area contributed by atoms with Gasteiger partial charge in [-0.05, 0) is 42.5 Å². The third-order valence-electron chi connectivity index (χ3n) is 5.07. The van der Waals surface area contributed by atoms with Crippen LogP contribution in [0.5, 0.6) is 5.75 Å². The van der Waals surface area contributed by atoms with Crippen molar-refractivity contribution in [3.63, 3.8) is 0 Å². The van der Waals surface area contributed by atoms with Crippen molar-refractivity contribution in [2.24, 2.45) is 0 Å². The Morgan fingerprint density at radius 1 is 1.12 bits per heavy atom. The number of hydrogen-bond acceptors (Lipinski definition) is 8. The van der Waals surface area contributed by atoms with E-state index >= 15 is 0 Å². The van der Waals surface area contributed by atoms with E-state index in [9.17, 15) is 14.9 Å². The summed E-state index contributed by atoms with van der Waals surface area (Å²) in [6.07, 6.45) is 1.23. The number of nitrogens with zero attached hydrogens (tertiary/aromatic N) is 5. The molecule has 0 unspecified atom stereocenters. The first-order valence-electron chi connectivity index (χ1n) is 9.90. The van der Waals surface area contributed by atoms with E-state index in [1.807, 2.05) is 11.0 Å². The molecule has 3 heterocycles. The first-order valence-corrected chi connectivity index (χ1v) is 9.90. The summed E-state index contributed by atoms with van der Waals surface area (Å²) in [7, 11) is 0. The highest BCUT2D eigenvalue weighted by molar-refractivity contribution is 5.91. The molecule has 3 aromatic rings. The van der Waals surface area contributed by atoms with E-state index in [4.69, 9.17) is 14.4 Å². The van der Waals surface area contributed by atoms with Crippen molar-refractivity contribution in [2.75, 3.05) is 31.1 Å². The van der Waals surface area contributed by atoms with Gasteiger partial charge in [0.25, 0.3) is 11.6 Å². The Bertz CT molecular complexity index is 1140. The molecule has 162 valence electrons. The van der Waals surface area contributed by atoms with Crippen LogP contribution in [0.3, 0.4) is 0 Å². The summed E-state index contributed by atoms with van der Waals surface area (Å²) in [5.41, 5.74) is 0.493. The minimum Gasteiger partial charge on any atom is -0.486 e. The molecule has 10 nitrogen and oxygen atoms in total. The molecule has 1 aliphatic heterocycles. The van der Waals surface area contributed by atoms with Gasteiger partial charge in [0.2, 0.25) is 0 Å². The molecule has 1 amide bonds. The third kappa shape index (κ3) is 4.67. The van der Waals surface area contributed by atoms with Crippen LogP contribution in [0.25, 0.3) is 0 Å². The first kappa shape index (κ1) is 20.9. The van der Waals surface area contributed by atoms with E-state index in [2.05, 4.69) is 4.98 Å². The summed E-state index contributed by atoms with van der Waals surface area (Å²) in [5.74, 6) is 1.80. The van der Waals surface area contributed by atoms with Crippen LogP contribution in [0.1, 0.15) is 21.9 Å². The summed E-state index contributed by atoms with van der Waals surface area (Å²) >= 11 is 0. The van der Waals surface area contributed by atoms with Crippen molar-refractivity contribution in [2.45, 2.75) is 6.61 Å². The number of anilines is 1. The maximum atomic E-state index is 12.8. The summed E-state index contributed by atoms with van der Waals surface area (Å²) < 4.78 is 11.3. The lowest BCUT2D eigenvalue weighted by Gasteiger charge is -2.34. The van der Waals surface area contributed by atoms with Gasteiger partial charge in [0.15, 0.2) is 5.76 Å². The molecule has 0 saturated carbocycles. The lowest BCUT2D eigenvalue weighted by atomic mass is 10.2. The van der Waals surface area contributed by atoms with Crippen molar-refractivity contribution in [1.82, 2.24) is 9.88 Å². The normalized spacial score (nSPS) is 13.5. The van der Waals surface area contributed by atoms with Crippen LogP contribution in [0.15, 0.2) is 59.1 Å². The van der Waals surface area contributed by atoms with Crippen LogP contribution in [-0.4, -0.2) is 46.9 Å². The number of amides is 1. The van der Waals surface area contributed by atoms with Gasteiger partial charge in [-0.15, -0.1) is 0 Å². The average Bonchev–Trinajstić information content (AvgIpc) is 3.32. The summed E-state index contributed by atoms with van der Waals surface area (Å²) in [6.45, 7) is 2.25. The second-order valence-corrected chi connectivity index (χ2v) is 7.10. The fourth-order valence-corrected chi connectivity index (χ4v) is 3.32. The number of hydrogen-bond donors (Lipinski definition) is 0. The number of pyridine rings is 1. The number of nitriles is 1. The largest absolute Gasteiger partial charge is 0.486 e. The van der Waals surface area contributed by atoms with E-state index in [0.29, 0.717) is 49.1 Å². The summed E-state index contributed by atoms with van der Waals surface area (Å²) in [5, 5.41) is 19.6. The highest BCUT2D eigenvalue weighted by atomic mass is 16.6. The maximum absolute atomic E-state index is 12.8. The second-order valence-electron chi connectivity index (χ2n) is 7.10. The zero-order chi connectivity index (χ0) is 22.5. The number of rotatable bonds is 6. The molecule has 0 radical (unpaired) electrons. The number of carbonyl (C=O) groups is 1. The van der Waals surface area contributed by atoms with Gasteiger partial charge in [-0.2, -0.15) is 5.26 Å². The number of furan rings is 1. The number of piperazine rings is 1. The second kappa shape index (κ2) is 9.18. The Hall–Kier alpha value is -4.39. The van der Waals surface area contributed by atoms with Gasteiger partial charge in [0, 0.05) is 32.2 Å². The van der Waals surface area contributed by atoms with Crippen LogP contribution in [-0.2, 0) is 6.61 Å². The molecule has 1 fully saturated rings. The molecule has 2 aromatic heterocycles. The predicted molar refractivity (Wildman–Crippen MR) is 113 cm³/mol. The Labute approximate surface area is 183 Å². The van der Waals surface area contributed by atoms with Crippen molar-refractivity contribution in [3.05, 3.63) is 81.9 Å². The Kier molecular flexibility index (Phi) is 5.98. The lowest BCUT2D eigenvalue weighted by Crippen LogP contribution is -2.49. The van der Waals surface area contributed by atoms with Gasteiger partial charge < -0.3 is 19.0 Å². The van der Waals surface area contributed by atoms with E-state index in [1.165, 1.54) is 12.3 Å². The number of carbonyl (C=O) groups excluding carboxylic acids is 1. The topological polar surface area (TPSA) is 126 Å². The molecular formula is C22H19N5O5. The smallest absolute Gasteiger partial charge is 0.289 e. The van der Waals surface area contributed by atoms with E-state index < -0.39 is 4.92 Å². The summed E-state index contributed by atoms with van der Waals surface area (Å²) in [6, 6.07) is 15.1. The Morgan fingerprint density at radius 2 is 1.88 bits per heavy atom. The van der Waals surface area contributed by atoms with Gasteiger partial charge in [-0.1, -0.05) is 0 Å². The van der Waals surface area contributed by atoms with Crippen LogP contribution in [0.2, 0.25) is 0 Å². The minimum absolute atomic E-state index is 0.0562. The van der Waals surface area contributed by atoms with E-state index in [0.717, 1.165) is 0 Å². The van der Waals surface area contributed by atoms with Gasteiger partial charge in [0.1, 0.15) is 30.1 Å². The van der Waals surface area contributed by atoms with Crippen molar-refractivity contribution < 1.29 is 18.9 Å². The van der Waals surface area contributed by atoms with Crippen LogP contribution >= 0.6 is 0 Å². The third-order valence-corrected chi connectivity index (χ3v) is 5.07. The molecule has 10 heteroatoms. The summed E-state index contributed by atoms with van der Waals surface area (Å²) in [4.78, 5) is 30.9. The molecule has 1 saturated heterocycles. The molecule has 32 heavy (non-hydrogen) atoms. The van der Waals surface area contributed by atoms with Crippen LogP contribution in [0, 0.1) is 21.4 Å². The van der Waals surface area contributed by atoms with Gasteiger partial charge >= 0.3 is 0 Å². The van der Waals surface area contributed by atoms with Gasteiger partial charge in [0.05, 0.1) is 16.6 Å². The zero-order valence-electron chi connectivity index (χ0n) is 17.0. The SMILES string of the molecule is N#Cc1ccc(OCc2ccc(C(=O)N3CCN(c4ccc([N+](=O)[O-])cn4)CC3)o2)cc1. The fraction of sp³-hybridized carbons (Fsp3) is 0.227. The Balaban J connectivity index is 1.30. The monoisotopic (exact) mass is 433 g/mol.